The molecule has 0 fully saturated rings. The van der Waals surface area contributed by atoms with Gasteiger partial charge in [-0.3, -0.25) is 0 Å². The third-order valence-electron chi connectivity index (χ3n) is 2.23. The molecule has 0 spiro atoms. The van der Waals surface area contributed by atoms with Crippen molar-refractivity contribution in [2.24, 2.45) is 11.7 Å². The maximum absolute atomic E-state index is 13.0. The van der Waals surface area contributed by atoms with Crippen LogP contribution in [0.2, 0.25) is 0 Å². The maximum Gasteiger partial charge on any atom is 0.200 e. The Hall–Kier alpha value is -0.870. The summed E-state index contributed by atoms with van der Waals surface area (Å²) in [6.45, 7) is 3.94. The summed E-state index contributed by atoms with van der Waals surface area (Å²) in [6.07, 6.45) is 0.610. The normalized spacial score (nSPS) is 12.4. The van der Waals surface area contributed by atoms with Gasteiger partial charge >= 0.3 is 0 Å². The summed E-state index contributed by atoms with van der Waals surface area (Å²) in [6, 6.07) is 1.82. The van der Waals surface area contributed by atoms with Crippen LogP contribution in [0.4, 0.5) is 8.78 Å². The number of benzene rings is 1. The van der Waals surface area contributed by atoms with Crippen LogP contribution in [0.5, 0.6) is 5.75 Å². The second-order valence-electron chi connectivity index (χ2n) is 4.04. The molecule has 0 aromatic heterocycles. The average Bonchev–Trinajstić information content (AvgIpc) is 2.13. The predicted molar refractivity (Wildman–Crippen MR) is 61.7 cm³/mol. The van der Waals surface area contributed by atoms with Crippen molar-refractivity contribution >= 4 is 12.4 Å². The number of nitrogens with two attached hydrogens (primary N) is 1. The fourth-order valence-electron chi connectivity index (χ4n) is 1.49. The minimum absolute atomic E-state index is 0. The van der Waals surface area contributed by atoms with Gasteiger partial charge in [-0.25, -0.2) is 4.39 Å². The second-order valence-corrected chi connectivity index (χ2v) is 4.04. The van der Waals surface area contributed by atoms with E-state index in [9.17, 15) is 13.9 Å². The molecule has 1 aromatic rings. The zero-order valence-corrected chi connectivity index (χ0v) is 10.0. The van der Waals surface area contributed by atoms with Gasteiger partial charge in [0.1, 0.15) is 0 Å². The highest BCUT2D eigenvalue weighted by Crippen LogP contribution is 2.30. The summed E-state index contributed by atoms with van der Waals surface area (Å²) in [5.74, 6) is -2.64. The molecule has 3 N–H and O–H groups in total. The predicted octanol–water partition coefficient (Wildman–Crippen LogP) is 3.14. The molecule has 1 rings (SSSR count). The van der Waals surface area contributed by atoms with Gasteiger partial charge in [-0.15, -0.1) is 12.4 Å². The number of phenols is 1. The highest BCUT2D eigenvalue weighted by molar-refractivity contribution is 5.85. The Labute approximate surface area is 99.9 Å². The topological polar surface area (TPSA) is 46.2 Å². The molecule has 1 aromatic carbocycles. The lowest BCUT2D eigenvalue weighted by atomic mass is 9.97. The van der Waals surface area contributed by atoms with Crippen LogP contribution in [0.15, 0.2) is 12.1 Å². The van der Waals surface area contributed by atoms with E-state index in [0.29, 0.717) is 12.3 Å². The maximum atomic E-state index is 13.0. The smallest absolute Gasteiger partial charge is 0.200 e. The molecule has 0 bridgehead atoms. The van der Waals surface area contributed by atoms with Gasteiger partial charge in [0.05, 0.1) is 0 Å². The van der Waals surface area contributed by atoms with Gasteiger partial charge in [0.2, 0.25) is 5.82 Å². The molecular weight excluding hydrogens is 236 g/mol. The van der Waals surface area contributed by atoms with E-state index in [0.717, 1.165) is 6.07 Å². The van der Waals surface area contributed by atoms with E-state index in [1.807, 2.05) is 13.8 Å². The molecule has 0 radical (unpaired) electrons. The molecule has 0 saturated carbocycles. The Morgan fingerprint density at radius 1 is 1.31 bits per heavy atom. The van der Waals surface area contributed by atoms with E-state index in [4.69, 9.17) is 5.73 Å². The van der Waals surface area contributed by atoms with Gasteiger partial charge in [0, 0.05) is 11.6 Å². The summed E-state index contributed by atoms with van der Waals surface area (Å²) in [5, 5.41) is 9.37. The summed E-state index contributed by atoms with van der Waals surface area (Å²) in [7, 11) is 0. The van der Waals surface area contributed by atoms with Crippen molar-refractivity contribution in [3.8, 4) is 5.75 Å². The van der Waals surface area contributed by atoms with Gasteiger partial charge in [0.15, 0.2) is 11.6 Å². The molecule has 1 atom stereocenters. The monoisotopic (exact) mass is 251 g/mol. The van der Waals surface area contributed by atoms with E-state index in [-0.39, 0.29) is 18.0 Å². The van der Waals surface area contributed by atoms with Gasteiger partial charge < -0.3 is 10.8 Å². The molecule has 92 valence electrons. The van der Waals surface area contributed by atoms with Crippen LogP contribution in [0.1, 0.15) is 31.9 Å². The van der Waals surface area contributed by atoms with Crippen LogP contribution in [-0.4, -0.2) is 5.11 Å². The second kappa shape index (κ2) is 6.01. The Kier molecular flexibility index (Phi) is 5.68. The number of halogens is 3. The van der Waals surface area contributed by atoms with Crippen LogP contribution >= 0.6 is 12.4 Å². The first-order valence-electron chi connectivity index (χ1n) is 4.86. The van der Waals surface area contributed by atoms with Crippen LogP contribution < -0.4 is 5.73 Å². The van der Waals surface area contributed by atoms with Crippen molar-refractivity contribution in [2.75, 3.05) is 0 Å². The molecule has 0 unspecified atom stereocenters. The van der Waals surface area contributed by atoms with Gasteiger partial charge in [-0.1, -0.05) is 19.9 Å². The first-order valence-corrected chi connectivity index (χ1v) is 4.86. The van der Waals surface area contributed by atoms with E-state index >= 15 is 0 Å². The SMILES string of the molecule is CC(C)C[C@H](N)c1ccc(F)c(F)c1O.Cl. The van der Waals surface area contributed by atoms with E-state index in [1.165, 1.54) is 6.07 Å². The summed E-state index contributed by atoms with van der Waals surface area (Å²) in [5.41, 5.74) is 6.02. The first kappa shape index (κ1) is 15.1. The molecule has 0 aliphatic rings. The molecule has 0 amide bonds. The standard InChI is InChI=1S/C11H15F2NO.ClH/c1-6(2)5-9(14)7-3-4-8(12)10(13)11(7)15;/h3-4,6,9,15H,5,14H2,1-2H3;1H/t9-;/m0./s1. The fourth-order valence-corrected chi connectivity index (χ4v) is 1.49. The van der Waals surface area contributed by atoms with Crippen molar-refractivity contribution in [3.05, 3.63) is 29.3 Å². The number of hydrogen-bond acceptors (Lipinski definition) is 2. The first-order chi connectivity index (χ1) is 6.93. The van der Waals surface area contributed by atoms with Gasteiger partial charge in [0.25, 0.3) is 0 Å². The van der Waals surface area contributed by atoms with Gasteiger partial charge in [-0.05, 0) is 18.4 Å². The van der Waals surface area contributed by atoms with Crippen molar-refractivity contribution < 1.29 is 13.9 Å². The van der Waals surface area contributed by atoms with Gasteiger partial charge in [-0.2, -0.15) is 4.39 Å². The molecule has 16 heavy (non-hydrogen) atoms. The largest absolute Gasteiger partial charge is 0.505 e. The minimum Gasteiger partial charge on any atom is -0.505 e. The lowest BCUT2D eigenvalue weighted by Gasteiger charge is -2.16. The lowest BCUT2D eigenvalue weighted by Crippen LogP contribution is -2.13. The highest BCUT2D eigenvalue weighted by Gasteiger charge is 2.17. The zero-order chi connectivity index (χ0) is 11.6. The van der Waals surface area contributed by atoms with Crippen LogP contribution in [-0.2, 0) is 0 Å². The average molecular weight is 252 g/mol. The number of aromatic hydroxyl groups is 1. The molecule has 5 heteroatoms. The van der Waals surface area contributed by atoms with E-state index in [2.05, 4.69) is 0 Å². The van der Waals surface area contributed by atoms with Crippen molar-refractivity contribution in [1.29, 1.82) is 0 Å². The fraction of sp³-hybridized carbons (Fsp3) is 0.455. The molecule has 2 nitrogen and oxygen atoms in total. The lowest BCUT2D eigenvalue weighted by molar-refractivity contribution is 0.391. The van der Waals surface area contributed by atoms with Crippen molar-refractivity contribution in [3.63, 3.8) is 0 Å². The zero-order valence-electron chi connectivity index (χ0n) is 9.21. The van der Waals surface area contributed by atoms with Crippen LogP contribution in [0.3, 0.4) is 0 Å². The Morgan fingerprint density at radius 2 is 1.88 bits per heavy atom. The third kappa shape index (κ3) is 3.32. The minimum atomic E-state index is -1.23. The number of phenolic OH excluding ortho intramolecular Hbond substituents is 1. The molecule has 0 aliphatic heterocycles. The molecular formula is C11H16ClF2NO. The number of rotatable bonds is 3. The quantitative estimate of drug-likeness (QED) is 0.867. The van der Waals surface area contributed by atoms with E-state index in [1.54, 1.807) is 0 Å². The van der Waals surface area contributed by atoms with Crippen molar-refractivity contribution in [1.82, 2.24) is 0 Å². The number of hydrogen-bond donors (Lipinski definition) is 2. The molecule has 0 saturated heterocycles. The summed E-state index contributed by atoms with van der Waals surface area (Å²) < 4.78 is 25.7. The van der Waals surface area contributed by atoms with Crippen molar-refractivity contribution in [2.45, 2.75) is 26.3 Å². The van der Waals surface area contributed by atoms with Crippen LogP contribution in [0.25, 0.3) is 0 Å². The van der Waals surface area contributed by atoms with E-state index < -0.39 is 23.4 Å². The molecule has 0 aliphatic carbocycles. The Morgan fingerprint density at radius 3 is 2.38 bits per heavy atom. The third-order valence-corrected chi connectivity index (χ3v) is 2.23. The summed E-state index contributed by atoms with van der Waals surface area (Å²) >= 11 is 0. The Balaban J connectivity index is 0.00000225. The highest BCUT2D eigenvalue weighted by atomic mass is 35.5. The Bertz CT molecular complexity index is 358. The summed E-state index contributed by atoms with van der Waals surface area (Å²) in [4.78, 5) is 0. The van der Waals surface area contributed by atoms with Crippen LogP contribution in [0, 0.1) is 17.6 Å². The molecule has 0 heterocycles.